The molecular weight excluding hydrogens is 470 g/mol. The van der Waals surface area contributed by atoms with Crippen LogP contribution in [0.15, 0.2) is 75.0 Å². The maximum absolute atomic E-state index is 13.4. The molecule has 35 heavy (non-hydrogen) atoms. The van der Waals surface area contributed by atoms with E-state index in [0.717, 1.165) is 5.39 Å². The van der Waals surface area contributed by atoms with Crippen molar-refractivity contribution in [2.24, 2.45) is 5.10 Å². The van der Waals surface area contributed by atoms with Crippen LogP contribution in [-0.4, -0.2) is 37.2 Å². The Balaban J connectivity index is 1.71. The molecule has 2 aromatic heterocycles. The third-order valence-electron chi connectivity index (χ3n) is 5.49. The lowest BCUT2D eigenvalue weighted by Crippen LogP contribution is -2.20. The lowest BCUT2D eigenvalue weighted by atomic mass is 10.2. The molecule has 0 fully saturated rings. The average molecular weight is 490 g/mol. The fourth-order valence-electron chi connectivity index (χ4n) is 3.85. The standard InChI is InChI=1S/C26H20ClN3O5/c1-32-20-9-6-10-21-17(20)13-23(35-21)25-29-19-8-5-4-7-16(19)26(31)30(25)28-14-15-11-18(27)24(34-3)22(12-15)33-2/h4-14H,1-3H3. The molecule has 0 radical (unpaired) electrons. The molecule has 5 rings (SSSR count). The molecule has 0 amide bonds. The molecule has 0 atom stereocenters. The summed E-state index contributed by atoms with van der Waals surface area (Å²) >= 11 is 6.33. The molecular formula is C26H20ClN3O5. The minimum absolute atomic E-state index is 0.245. The quantitative estimate of drug-likeness (QED) is 0.298. The van der Waals surface area contributed by atoms with Crippen LogP contribution in [0, 0.1) is 0 Å². The smallest absolute Gasteiger partial charge is 0.282 e. The van der Waals surface area contributed by atoms with Gasteiger partial charge in [0.2, 0.25) is 5.82 Å². The number of hydrogen-bond donors (Lipinski definition) is 0. The first-order valence-electron chi connectivity index (χ1n) is 10.6. The van der Waals surface area contributed by atoms with Gasteiger partial charge in [0.1, 0.15) is 11.3 Å². The van der Waals surface area contributed by atoms with Crippen molar-refractivity contribution in [3.8, 4) is 28.8 Å². The van der Waals surface area contributed by atoms with E-state index in [0.29, 0.717) is 50.1 Å². The van der Waals surface area contributed by atoms with E-state index in [2.05, 4.69) is 5.10 Å². The van der Waals surface area contributed by atoms with Gasteiger partial charge in [-0.3, -0.25) is 4.79 Å². The predicted octanol–water partition coefficient (Wildman–Crippen LogP) is 5.37. The molecule has 0 spiro atoms. The van der Waals surface area contributed by atoms with Crippen molar-refractivity contribution in [2.45, 2.75) is 0 Å². The highest BCUT2D eigenvalue weighted by Gasteiger charge is 2.18. The lowest BCUT2D eigenvalue weighted by molar-refractivity contribution is 0.355. The third-order valence-corrected chi connectivity index (χ3v) is 5.77. The van der Waals surface area contributed by atoms with Crippen LogP contribution < -0.4 is 19.8 Å². The summed E-state index contributed by atoms with van der Waals surface area (Å²) in [6.45, 7) is 0. The van der Waals surface area contributed by atoms with Crippen molar-refractivity contribution in [3.63, 3.8) is 0 Å². The van der Waals surface area contributed by atoms with Gasteiger partial charge >= 0.3 is 0 Å². The molecule has 0 N–H and O–H groups in total. The van der Waals surface area contributed by atoms with Crippen LogP contribution in [-0.2, 0) is 0 Å². The zero-order valence-electron chi connectivity index (χ0n) is 19.1. The van der Waals surface area contributed by atoms with Crippen molar-refractivity contribution < 1.29 is 18.6 Å². The second kappa shape index (κ2) is 9.15. The largest absolute Gasteiger partial charge is 0.496 e. The first-order chi connectivity index (χ1) is 17.0. The second-order valence-electron chi connectivity index (χ2n) is 7.54. The molecule has 0 aliphatic carbocycles. The molecule has 0 aliphatic rings. The predicted molar refractivity (Wildman–Crippen MR) is 135 cm³/mol. The van der Waals surface area contributed by atoms with Crippen LogP contribution in [0.1, 0.15) is 5.56 Å². The number of rotatable bonds is 6. The van der Waals surface area contributed by atoms with E-state index in [1.54, 1.807) is 43.5 Å². The first kappa shape index (κ1) is 22.5. The number of para-hydroxylation sites is 1. The van der Waals surface area contributed by atoms with Gasteiger partial charge in [-0.25, -0.2) is 4.98 Å². The van der Waals surface area contributed by atoms with Gasteiger partial charge in [-0.15, -0.1) is 0 Å². The summed E-state index contributed by atoms with van der Waals surface area (Å²) in [7, 11) is 4.61. The summed E-state index contributed by atoms with van der Waals surface area (Å²) in [5, 5.41) is 5.99. The fourth-order valence-corrected chi connectivity index (χ4v) is 4.15. The Morgan fingerprint density at radius 2 is 1.74 bits per heavy atom. The minimum atomic E-state index is -0.346. The van der Waals surface area contributed by atoms with Gasteiger partial charge in [0.15, 0.2) is 17.3 Å². The Morgan fingerprint density at radius 1 is 0.943 bits per heavy atom. The van der Waals surface area contributed by atoms with Gasteiger partial charge in [-0.05, 0) is 48.0 Å². The van der Waals surface area contributed by atoms with Gasteiger partial charge in [0, 0.05) is 0 Å². The summed E-state index contributed by atoms with van der Waals surface area (Å²) < 4.78 is 23.3. The zero-order chi connectivity index (χ0) is 24.5. The fraction of sp³-hybridized carbons (Fsp3) is 0.115. The number of fused-ring (bicyclic) bond motifs is 2. The molecule has 9 heteroatoms. The minimum Gasteiger partial charge on any atom is -0.496 e. The molecule has 0 bridgehead atoms. The maximum atomic E-state index is 13.4. The monoisotopic (exact) mass is 489 g/mol. The van der Waals surface area contributed by atoms with Crippen molar-refractivity contribution in [1.82, 2.24) is 9.66 Å². The highest BCUT2D eigenvalue weighted by Crippen LogP contribution is 2.36. The number of halogens is 1. The van der Waals surface area contributed by atoms with Crippen molar-refractivity contribution in [3.05, 3.63) is 81.6 Å². The van der Waals surface area contributed by atoms with Crippen LogP contribution >= 0.6 is 11.6 Å². The number of ether oxygens (including phenoxy) is 3. The van der Waals surface area contributed by atoms with Gasteiger partial charge in [0.05, 0.1) is 48.9 Å². The number of benzene rings is 3. The Morgan fingerprint density at radius 3 is 2.51 bits per heavy atom. The molecule has 176 valence electrons. The first-order valence-corrected chi connectivity index (χ1v) is 11.0. The number of furan rings is 1. The highest BCUT2D eigenvalue weighted by molar-refractivity contribution is 6.32. The summed E-state index contributed by atoms with van der Waals surface area (Å²) in [5.41, 5.74) is 1.38. The van der Waals surface area contributed by atoms with E-state index in [1.165, 1.54) is 25.1 Å². The van der Waals surface area contributed by atoms with E-state index in [9.17, 15) is 4.79 Å². The topological polar surface area (TPSA) is 88.1 Å². The van der Waals surface area contributed by atoms with Gasteiger partial charge in [-0.1, -0.05) is 29.8 Å². The Kier molecular flexibility index (Phi) is 5.88. The number of nitrogens with zero attached hydrogens (tertiary/aromatic N) is 3. The van der Waals surface area contributed by atoms with Gasteiger partial charge < -0.3 is 18.6 Å². The van der Waals surface area contributed by atoms with Crippen LogP contribution in [0.25, 0.3) is 33.5 Å². The van der Waals surface area contributed by atoms with E-state index < -0.39 is 0 Å². The number of aromatic nitrogens is 2. The van der Waals surface area contributed by atoms with Crippen molar-refractivity contribution in [2.75, 3.05) is 21.3 Å². The highest BCUT2D eigenvalue weighted by atomic mass is 35.5. The van der Waals surface area contributed by atoms with E-state index in [1.807, 2.05) is 24.3 Å². The molecule has 3 aromatic carbocycles. The third kappa shape index (κ3) is 3.98. The molecule has 2 heterocycles. The molecule has 0 saturated carbocycles. The number of methoxy groups -OCH3 is 3. The van der Waals surface area contributed by atoms with E-state index in [4.69, 9.17) is 35.2 Å². The van der Waals surface area contributed by atoms with Crippen LogP contribution in [0.5, 0.6) is 17.2 Å². The SMILES string of the molecule is COc1cc(C=Nn2c(-c3cc4c(OC)cccc4o3)nc3ccccc3c2=O)cc(Cl)c1OC. The Bertz CT molecular complexity index is 1660. The molecule has 0 saturated heterocycles. The van der Waals surface area contributed by atoms with Gasteiger partial charge in [-0.2, -0.15) is 9.78 Å². The second-order valence-corrected chi connectivity index (χ2v) is 7.94. The van der Waals surface area contributed by atoms with Crippen LogP contribution in [0.3, 0.4) is 0 Å². The lowest BCUT2D eigenvalue weighted by Gasteiger charge is -2.10. The zero-order valence-corrected chi connectivity index (χ0v) is 19.9. The maximum Gasteiger partial charge on any atom is 0.282 e. The summed E-state index contributed by atoms with van der Waals surface area (Å²) in [6.07, 6.45) is 1.50. The molecule has 0 unspecified atom stereocenters. The van der Waals surface area contributed by atoms with Gasteiger partial charge in [0.25, 0.3) is 5.56 Å². The van der Waals surface area contributed by atoms with E-state index in [-0.39, 0.29) is 11.4 Å². The summed E-state index contributed by atoms with van der Waals surface area (Å²) in [5.74, 6) is 2.11. The Labute approximate surface area is 204 Å². The van der Waals surface area contributed by atoms with E-state index >= 15 is 0 Å². The van der Waals surface area contributed by atoms with Crippen molar-refractivity contribution >= 4 is 39.7 Å². The summed E-state index contributed by atoms with van der Waals surface area (Å²) in [6, 6.07) is 17.7. The number of hydrogen-bond acceptors (Lipinski definition) is 7. The Hall–Kier alpha value is -4.30. The van der Waals surface area contributed by atoms with Crippen LogP contribution in [0.2, 0.25) is 5.02 Å². The molecule has 8 nitrogen and oxygen atoms in total. The molecule has 5 aromatic rings. The average Bonchev–Trinajstić information content (AvgIpc) is 3.32. The molecule has 0 aliphatic heterocycles. The summed E-state index contributed by atoms with van der Waals surface area (Å²) in [4.78, 5) is 18.1. The normalized spacial score (nSPS) is 11.4. The van der Waals surface area contributed by atoms with Crippen LogP contribution in [0.4, 0.5) is 0 Å². The van der Waals surface area contributed by atoms with Crippen molar-refractivity contribution in [1.29, 1.82) is 0 Å².